The van der Waals surface area contributed by atoms with Crippen molar-refractivity contribution >= 4 is 11.1 Å². The lowest BCUT2D eigenvalue weighted by Gasteiger charge is -2.41. The largest absolute Gasteiger partial charge is 0.419 e. The van der Waals surface area contributed by atoms with E-state index in [0.717, 1.165) is 12.1 Å². The van der Waals surface area contributed by atoms with Crippen LogP contribution < -0.4 is 11.1 Å². The second kappa shape index (κ2) is 6.52. The molecule has 2 aromatic rings. The van der Waals surface area contributed by atoms with Crippen molar-refractivity contribution in [2.24, 2.45) is 11.3 Å². The summed E-state index contributed by atoms with van der Waals surface area (Å²) >= 11 is 0. The van der Waals surface area contributed by atoms with E-state index in [1.54, 1.807) is 4.57 Å². The second-order valence-electron chi connectivity index (χ2n) is 7.80. The predicted molar refractivity (Wildman–Crippen MR) is 93.7 cm³/mol. The van der Waals surface area contributed by atoms with Crippen molar-refractivity contribution in [3.05, 3.63) is 34.8 Å². The van der Waals surface area contributed by atoms with Crippen LogP contribution in [0.1, 0.15) is 46.5 Å². The number of benzene rings is 1. The number of para-hydroxylation sites is 2. The smallest absolute Gasteiger partial charge is 0.408 e. The zero-order chi connectivity index (χ0) is 16.4. The highest BCUT2D eigenvalue weighted by Gasteiger charge is 2.33. The van der Waals surface area contributed by atoms with E-state index in [1.165, 1.54) is 25.7 Å². The number of aromatic nitrogens is 1. The molecule has 1 N–H and O–H groups in total. The van der Waals surface area contributed by atoms with Gasteiger partial charge in [0, 0.05) is 19.1 Å². The highest BCUT2D eigenvalue weighted by atomic mass is 16.4. The molecule has 1 aliphatic carbocycles. The van der Waals surface area contributed by atoms with E-state index >= 15 is 0 Å². The normalized spacial score (nSPS) is 22.6. The molecule has 23 heavy (non-hydrogen) atoms. The van der Waals surface area contributed by atoms with Crippen molar-refractivity contribution < 1.29 is 4.42 Å². The van der Waals surface area contributed by atoms with E-state index in [-0.39, 0.29) is 5.76 Å². The lowest BCUT2D eigenvalue weighted by molar-refractivity contribution is 0.130. The SMILES string of the molecule is CC(C)(C)C1CCCCC1NCCn1c(=O)oc2ccccc21. The number of hydrogen-bond donors (Lipinski definition) is 1. The van der Waals surface area contributed by atoms with Crippen LogP contribution in [0, 0.1) is 11.3 Å². The Morgan fingerprint density at radius 1 is 1.22 bits per heavy atom. The molecule has 0 aliphatic heterocycles. The standard InChI is InChI=1S/C19H28N2O2/c1-19(2,3)14-8-4-5-9-15(14)20-12-13-21-16-10-6-7-11-17(16)23-18(21)22/h6-7,10-11,14-15,20H,4-5,8-9,12-13H2,1-3H3. The minimum Gasteiger partial charge on any atom is -0.408 e. The van der Waals surface area contributed by atoms with Gasteiger partial charge >= 0.3 is 5.76 Å². The van der Waals surface area contributed by atoms with Gasteiger partial charge in [0.2, 0.25) is 0 Å². The van der Waals surface area contributed by atoms with Crippen LogP contribution in [0.5, 0.6) is 0 Å². The first-order valence-corrected chi connectivity index (χ1v) is 8.78. The molecule has 1 aromatic heterocycles. The van der Waals surface area contributed by atoms with E-state index in [1.807, 2.05) is 24.3 Å². The Hall–Kier alpha value is -1.55. The lowest BCUT2D eigenvalue weighted by atomic mass is 9.69. The molecule has 1 aliphatic rings. The van der Waals surface area contributed by atoms with Gasteiger partial charge in [-0.2, -0.15) is 0 Å². The first kappa shape index (κ1) is 16.3. The zero-order valence-corrected chi connectivity index (χ0v) is 14.5. The first-order valence-electron chi connectivity index (χ1n) is 8.78. The van der Waals surface area contributed by atoms with Gasteiger partial charge in [0.15, 0.2) is 5.58 Å². The third kappa shape index (κ3) is 3.52. The summed E-state index contributed by atoms with van der Waals surface area (Å²) in [5.74, 6) is 0.443. The maximum atomic E-state index is 12.0. The Labute approximate surface area is 137 Å². The molecule has 0 spiro atoms. The van der Waals surface area contributed by atoms with Gasteiger partial charge in [-0.3, -0.25) is 4.57 Å². The Bertz CT molecular complexity index is 708. The van der Waals surface area contributed by atoms with Crippen molar-refractivity contribution in [2.75, 3.05) is 6.54 Å². The fraction of sp³-hybridized carbons (Fsp3) is 0.632. The molecule has 4 heteroatoms. The number of nitrogens with zero attached hydrogens (tertiary/aromatic N) is 1. The fourth-order valence-corrected chi connectivity index (χ4v) is 4.00. The summed E-state index contributed by atoms with van der Waals surface area (Å²) < 4.78 is 7.03. The number of nitrogens with one attached hydrogen (secondary N) is 1. The molecule has 1 fully saturated rings. The Morgan fingerprint density at radius 3 is 2.74 bits per heavy atom. The van der Waals surface area contributed by atoms with Crippen molar-refractivity contribution in [3.63, 3.8) is 0 Å². The zero-order valence-electron chi connectivity index (χ0n) is 14.5. The van der Waals surface area contributed by atoms with Crippen LogP contribution >= 0.6 is 0 Å². The average Bonchev–Trinajstić information content (AvgIpc) is 2.83. The molecule has 0 saturated heterocycles. The highest BCUT2D eigenvalue weighted by Crippen LogP contribution is 2.37. The molecule has 2 atom stereocenters. The van der Waals surface area contributed by atoms with Gasteiger partial charge in [-0.1, -0.05) is 45.7 Å². The van der Waals surface area contributed by atoms with Crippen LogP contribution in [-0.4, -0.2) is 17.2 Å². The molecule has 0 amide bonds. The molecular formula is C19H28N2O2. The Morgan fingerprint density at radius 2 is 1.96 bits per heavy atom. The summed E-state index contributed by atoms with van der Waals surface area (Å²) in [5.41, 5.74) is 1.88. The lowest BCUT2D eigenvalue weighted by Crippen LogP contribution is -2.45. The monoisotopic (exact) mass is 316 g/mol. The maximum absolute atomic E-state index is 12.0. The number of fused-ring (bicyclic) bond motifs is 1. The van der Waals surface area contributed by atoms with Crippen LogP contribution in [0.4, 0.5) is 0 Å². The van der Waals surface area contributed by atoms with E-state index < -0.39 is 0 Å². The van der Waals surface area contributed by atoms with Gasteiger partial charge < -0.3 is 9.73 Å². The molecule has 1 heterocycles. The topological polar surface area (TPSA) is 47.2 Å². The molecule has 4 nitrogen and oxygen atoms in total. The van der Waals surface area contributed by atoms with E-state index in [0.29, 0.717) is 29.5 Å². The van der Waals surface area contributed by atoms with Gasteiger partial charge in [0.1, 0.15) is 0 Å². The molecule has 1 aromatic carbocycles. The minimum atomic E-state index is -0.260. The Balaban J connectivity index is 1.66. The molecule has 3 rings (SSSR count). The number of oxazole rings is 1. The first-order chi connectivity index (χ1) is 11.0. The van der Waals surface area contributed by atoms with Gasteiger partial charge in [-0.25, -0.2) is 4.79 Å². The van der Waals surface area contributed by atoms with Crippen LogP contribution in [0.15, 0.2) is 33.5 Å². The van der Waals surface area contributed by atoms with E-state index in [4.69, 9.17) is 4.42 Å². The molecular weight excluding hydrogens is 288 g/mol. The number of rotatable bonds is 4. The van der Waals surface area contributed by atoms with Crippen molar-refractivity contribution in [1.29, 1.82) is 0 Å². The van der Waals surface area contributed by atoms with Gasteiger partial charge in [0.05, 0.1) is 5.52 Å². The highest BCUT2D eigenvalue weighted by molar-refractivity contribution is 5.72. The summed E-state index contributed by atoms with van der Waals surface area (Å²) in [7, 11) is 0. The molecule has 2 unspecified atom stereocenters. The maximum Gasteiger partial charge on any atom is 0.419 e. The summed E-state index contributed by atoms with van der Waals surface area (Å²) in [6.07, 6.45) is 5.18. The van der Waals surface area contributed by atoms with Crippen molar-refractivity contribution in [3.8, 4) is 0 Å². The van der Waals surface area contributed by atoms with Gasteiger partial charge in [0.25, 0.3) is 0 Å². The molecule has 126 valence electrons. The van der Waals surface area contributed by atoms with Crippen LogP contribution in [0.3, 0.4) is 0 Å². The quantitative estimate of drug-likeness (QED) is 0.933. The van der Waals surface area contributed by atoms with Crippen molar-refractivity contribution in [2.45, 2.75) is 59.0 Å². The summed E-state index contributed by atoms with van der Waals surface area (Å²) in [5, 5.41) is 3.71. The van der Waals surface area contributed by atoms with Crippen LogP contribution in [0.2, 0.25) is 0 Å². The van der Waals surface area contributed by atoms with E-state index in [2.05, 4.69) is 26.1 Å². The molecule has 0 bridgehead atoms. The van der Waals surface area contributed by atoms with E-state index in [9.17, 15) is 4.79 Å². The predicted octanol–water partition coefficient (Wildman–Crippen LogP) is 3.79. The molecule has 1 saturated carbocycles. The third-order valence-corrected chi connectivity index (χ3v) is 5.19. The second-order valence-corrected chi connectivity index (χ2v) is 7.80. The van der Waals surface area contributed by atoms with Gasteiger partial charge in [-0.15, -0.1) is 0 Å². The van der Waals surface area contributed by atoms with Crippen molar-refractivity contribution in [1.82, 2.24) is 9.88 Å². The minimum absolute atomic E-state index is 0.260. The molecule has 0 radical (unpaired) electrons. The Kier molecular flexibility index (Phi) is 4.62. The van der Waals surface area contributed by atoms with Gasteiger partial charge in [-0.05, 0) is 36.3 Å². The summed E-state index contributed by atoms with van der Waals surface area (Å²) in [6.45, 7) is 8.48. The number of hydrogen-bond acceptors (Lipinski definition) is 3. The fourth-order valence-electron chi connectivity index (χ4n) is 4.00. The van der Waals surface area contributed by atoms with Crippen LogP contribution in [-0.2, 0) is 6.54 Å². The van der Waals surface area contributed by atoms with Crippen LogP contribution in [0.25, 0.3) is 11.1 Å². The average molecular weight is 316 g/mol. The summed E-state index contributed by atoms with van der Waals surface area (Å²) in [4.78, 5) is 12.0. The summed E-state index contributed by atoms with van der Waals surface area (Å²) in [6, 6.07) is 8.18. The third-order valence-electron chi connectivity index (χ3n) is 5.19.